The molecule has 0 radical (unpaired) electrons. The average Bonchev–Trinajstić information content (AvgIpc) is 3.15. The topological polar surface area (TPSA) is 78.9 Å². The third-order valence-corrected chi connectivity index (χ3v) is 4.41. The lowest BCUT2D eigenvalue weighted by molar-refractivity contribution is 0.0962. The van der Waals surface area contributed by atoms with Crippen LogP contribution in [0.2, 0.25) is 0 Å². The minimum Gasteiger partial charge on any atom is -0.486 e. The van der Waals surface area contributed by atoms with Gasteiger partial charge in [0, 0.05) is 25.2 Å². The first-order valence-corrected chi connectivity index (χ1v) is 7.43. The lowest BCUT2D eigenvalue weighted by atomic mass is 10.3. The summed E-state index contributed by atoms with van der Waals surface area (Å²) >= 11 is 1.40. The first kappa shape index (κ1) is 13.1. The van der Waals surface area contributed by atoms with Crippen molar-refractivity contribution >= 4 is 27.5 Å². The number of nitrogens with zero attached hydrogens (tertiary/aromatic N) is 3. The van der Waals surface area contributed by atoms with Crippen molar-refractivity contribution in [3.05, 3.63) is 35.0 Å². The fraction of sp³-hybridized carbons (Fsp3) is 0.214. The summed E-state index contributed by atoms with van der Waals surface area (Å²) in [7, 11) is 1.85. The van der Waals surface area contributed by atoms with E-state index in [1.165, 1.54) is 23.6 Å². The molecular formula is C14H11N3O4S. The number of hydrogen-bond acceptors (Lipinski definition) is 6. The van der Waals surface area contributed by atoms with Gasteiger partial charge in [0.2, 0.25) is 5.76 Å². The van der Waals surface area contributed by atoms with Crippen molar-refractivity contribution in [3.8, 4) is 11.5 Å². The molecule has 3 aromatic rings. The van der Waals surface area contributed by atoms with E-state index in [0.717, 1.165) is 10.2 Å². The van der Waals surface area contributed by atoms with Crippen LogP contribution < -0.4 is 14.3 Å². The molecule has 3 heterocycles. The monoisotopic (exact) mass is 317 g/mol. The van der Waals surface area contributed by atoms with Gasteiger partial charge in [-0.2, -0.15) is 4.99 Å². The Hall–Kier alpha value is -2.61. The maximum atomic E-state index is 12.0. The molecule has 0 unspecified atom stereocenters. The van der Waals surface area contributed by atoms with Gasteiger partial charge in [0.1, 0.15) is 13.2 Å². The summed E-state index contributed by atoms with van der Waals surface area (Å²) in [6, 6.07) is 5.30. The highest BCUT2D eigenvalue weighted by molar-refractivity contribution is 7.16. The van der Waals surface area contributed by atoms with Crippen molar-refractivity contribution in [2.24, 2.45) is 12.0 Å². The Labute approximate surface area is 128 Å². The van der Waals surface area contributed by atoms with Gasteiger partial charge >= 0.3 is 5.91 Å². The van der Waals surface area contributed by atoms with Crippen LogP contribution in [-0.2, 0) is 7.05 Å². The molecule has 2 aromatic heterocycles. The molecule has 112 valence electrons. The van der Waals surface area contributed by atoms with Crippen LogP contribution >= 0.6 is 11.3 Å². The molecule has 4 rings (SSSR count). The molecule has 7 nitrogen and oxygen atoms in total. The van der Waals surface area contributed by atoms with Crippen LogP contribution in [0.25, 0.3) is 10.2 Å². The van der Waals surface area contributed by atoms with Gasteiger partial charge in [-0.25, -0.2) is 0 Å². The minimum absolute atomic E-state index is 0.114. The number of aryl methyl sites for hydroxylation is 1. The number of carbonyl (C=O) groups is 1. The normalized spacial score (nSPS) is 14.5. The maximum absolute atomic E-state index is 12.0. The Balaban J connectivity index is 1.85. The predicted molar refractivity (Wildman–Crippen MR) is 78.2 cm³/mol. The van der Waals surface area contributed by atoms with E-state index < -0.39 is 5.91 Å². The molecule has 22 heavy (non-hydrogen) atoms. The van der Waals surface area contributed by atoms with Crippen LogP contribution in [0.4, 0.5) is 0 Å². The zero-order chi connectivity index (χ0) is 15.1. The maximum Gasteiger partial charge on any atom is 0.318 e. The third kappa shape index (κ3) is 2.08. The van der Waals surface area contributed by atoms with Crippen LogP contribution in [0.5, 0.6) is 11.5 Å². The SMILES string of the molecule is Cn1c(=NC(=O)c2ccno2)sc2cc3c(cc21)OCCO3. The fourth-order valence-corrected chi connectivity index (χ4v) is 3.27. The molecule has 1 amide bonds. The quantitative estimate of drug-likeness (QED) is 0.683. The first-order valence-electron chi connectivity index (χ1n) is 6.61. The number of benzene rings is 1. The van der Waals surface area contributed by atoms with E-state index in [2.05, 4.69) is 10.1 Å². The number of carbonyl (C=O) groups excluding carboxylic acids is 1. The van der Waals surface area contributed by atoms with Crippen molar-refractivity contribution in [3.63, 3.8) is 0 Å². The number of fused-ring (bicyclic) bond motifs is 2. The van der Waals surface area contributed by atoms with Gasteiger partial charge in [0.25, 0.3) is 0 Å². The molecular weight excluding hydrogens is 306 g/mol. The Morgan fingerprint density at radius 1 is 1.32 bits per heavy atom. The van der Waals surface area contributed by atoms with Crippen molar-refractivity contribution in [1.82, 2.24) is 9.72 Å². The molecule has 1 aliphatic rings. The standard InChI is InChI=1S/C14H11N3O4S/c1-17-8-6-10-11(20-5-4-19-10)7-12(8)22-14(17)16-13(18)9-2-3-15-21-9/h2-3,6-7H,4-5H2,1H3. The van der Waals surface area contributed by atoms with Gasteiger partial charge in [0.15, 0.2) is 16.3 Å². The van der Waals surface area contributed by atoms with Crippen LogP contribution in [-0.4, -0.2) is 28.8 Å². The number of rotatable bonds is 1. The minimum atomic E-state index is -0.461. The van der Waals surface area contributed by atoms with Crippen LogP contribution in [0.3, 0.4) is 0 Å². The molecule has 1 aromatic carbocycles. The number of ether oxygens (including phenoxy) is 2. The van der Waals surface area contributed by atoms with Crippen molar-refractivity contribution in [1.29, 1.82) is 0 Å². The van der Waals surface area contributed by atoms with Crippen LogP contribution in [0, 0.1) is 0 Å². The molecule has 8 heteroatoms. The lowest BCUT2D eigenvalue weighted by Crippen LogP contribution is -2.15. The summed E-state index contributed by atoms with van der Waals surface area (Å²) in [6.45, 7) is 1.07. The Kier molecular flexibility index (Phi) is 2.97. The molecule has 0 fully saturated rings. The van der Waals surface area contributed by atoms with Crippen molar-refractivity contribution < 1.29 is 18.8 Å². The summed E-state index contributed by atoms with van der Waals surface area (Å²) in [4.78, 5) is 16.7. The zero-order valence-corrected chi connectivity index (χ0v) is 12.4. The molecule has 0 spiro atoms. The summed E-state index contributed by atoms with van der Waals surface area (Å²) in [5, 5.41) is 3.51. The van der Waals surface area contributed by atoms with Gasteiger partial charge in [-0.3, -0.25) is 4.79 Å². The molecule has 0 bridgehead atoms. The number of hydrogen-bond donors (Lipinski definition) is 0. The highest BCUT2D eigenvalue weighted by Gasteiger charge is 2.16. The van der Waals surface area contributed by atoms with E-state index in [9.17, 15) is 4.79 Å². The Morgan fingerprint density at radius 3 is 2.82 bits per heavy atom. The fourth-order valence-electron chi connectivity index (χ4n) is 2.24. The largest absolute Gasteiger partial charge is 0.486 e. The first-order chi connectivity index (χ1) is 10.7. The third-order valence-electron chi connectivity index (χ3n) is 3.32. The smallest absolute Gasteiger partial charge is 0.318 e. The Morgan fingerprint density at radius 2 is 2.09 bits per heavy atom. The van der Waals surface area contributed by atoms with E-state index in [0.29, 0.717) is 29.5 Å². The molecule has 0 atom stereocenters. The lowest BCUT2D eigenvalue weighted by Gasteiger charge is -2.18. The summed E-state index contributed by atoms with van der Waals surface area (Å²) in [5.41, 5.74) is 0.929. The second-order valence-corrected chi connectivity index (χ2v) is 5.71. The van der Waals surface area contributed by atoms with Crippen molar-refractivity contribution in [2.75, 3.05) is 13.2 Å². The van der Waals surface area contributed by atoms with Gasteiger partial charge in [-0.05, 0) is 0 Å². The molecule has 0 saturated heterocycles. The Bertz CT molecular complexity index is 924. The van der Waals surface area contributed by atoms with Crippen molar-refractivity contribution in [2.45, 2.75) is 0 Å². The van der Waals surface area contributed by atoms with Crippen LogP contribution in [0.1, 0.15) is 10.6 Å². The molecule has 1 aliphatic heterocycles. The molecule has 0 aliphatic carbocycles. The summed E-state index contributed by atoms with van der Waals surface area (Å²) < 4.78 is 18.8. The summed E-state index contributed by atoms with van der Waals surface area (Å²) in [5.74, 6) is 1.08. The predicted octanol–water partition coefficient (Wildman–Crippen LogP) is 1.74. The molecule has 0 N–H and O–H groups in total. The van der Waals surface area contributed by atoms with Gasteiger partial charge in [-0.1, -0.05) is 16.5 Å². The second kappa shape index (κ2) is 4.99. The summed E-state index contributed by atoms with van der Waals surface area (Å²) in [6.07, 6.45) is 1.41. The van der Waals surface area contributed by atoms with Gasteiger partial charge in [0.05, 0.1) is 16.4 Å². The number of thiazole rings is 1. The second-order valence-electron chi connectivity index (χ2n) is 4.70. The van der Waals surface area contributed by atoms with E-state index in [-0.39, 0.29) is 5.76 Å². The number of amides is 1. The van der Waals surface area contributed by atoms with E-state index in [1.807, 2.05) is 23.7 Å². The number of aromatic nitrogens is 2. The van der Waals surface area contributed by atoms with E-state index in [1.54, 1.807) is 0 Å². The van der Waals surface area contributed by atoms with E-state index >= 15 is 0 Å². The highest BCUT2D eigenvalue weighted by Crippen LogP contribution is 2.35. The van der Waals surface area contributed by atoms with Crippen LogP contribution in [0.15, 0.2) is 33.9 Å². The van der Waals surface area contributed by atoms with Gasteiger partial charge in [-0.15, -0.1) is 0 Å². The van der Waals surface area contributed by atoms with Gasteiger partial charge < -0.3 is 18.6 Å². The zero-order valence-electron chi connectivity index (χ0n) is 11.6. The highest BCUT2D eigenvalue weighted by atomic mass is 32.1. The average molecular weight is 317 g/mol. The van der Waals surface area contributed by atoms with E-state index in [4.69, 9.17) is 14.0 Å². The molecule has 0 saturated carbocycles.